The first-order chi connectivity index (χ1) is 12.3. The van der Waals surface area contributed by atoms with E-state index in [2.05, 4.69) is 18.0 Å². The number of carbonyl (C=O) groups is 1. The second-order valence-electron chi connectivity index (χ2n) is 6.11. The van der Waals surface area contributed by atoms with Gasteiger partial charge in [0.1, 0.15) is 0 Å². The van der Waals surface area contributed by atoms with Gasteiger partial charge in [-0.1, -0.05) is 81.1 Å². The quantitative estimate of drug-likeness (QED) is 0.329. The molecule has 0 aromatic heterocycles. The Morgan fingerprint density at radius 3 is 2.24 bits per heavy atom. The Bertz CT molecular complexity index is 697. The number of hydrogen-bond acceptors (Lipinski definition) is 1. The van der Waals surface area contributed by atoms with E-state index in [0.717, 1.165) is 24.1 Å². The summed E-state index contributed by atoms with van der Waals surface area (Å²) in [7, 11) is 0. The summed E-state index contributed by atoms with van der Waals surface area (Å²) in [5.74, 6) is -0.125. The monoisotopic (exact) mass is 333 g/mol. The van der Waals surface area contributed by atoms with Crippen LogP contribution < -0.4 is 5.32 Å². The number of amides is 1. The van der Waals surface area contributed by atoms with E-state index in [9.17, 15) is 4.79 Å². The Morgan fingerprint density at radius 1 is 0.920 bits per heavy atom. The van der Waals surface area contributed by atoms with Crippen LogP contribution in [0.15, 0.2) is 72.5 Å². The molecule has 0 bridgehead atoms. The maximum atomic E-state index is 12.7. The van der Waals surface area contributed by atoms with E-state index in [0.29, 0.717) is 5.57 Å². The lowest BCUT2D eigenvalue weighted by Gasteiger charge is -2.07. The van der Waals surface area contributed by atoms with Crippen molar-refractivity contribution >= 4 is 17.2 Å². The van der Waals surface area contributed by atoms with Crippen LogP contribution in [0.5, 0.6) is 0 Å². The van der Waals surface area contributed by atoms with E-state index in [4.69, 9.17) is 0 Å². The van der Waals surface area contributed by atoms with Gasteiger partial charge >= 0.3 is 0 Å². The van der Waals surface area contributed by atoms with E-state index in [1.807, 2.05) is 66.7 Å². The van der Waals surface area contributed by atoms with Crippen LogP contribution >= 0.6 is 0 Å². The van der Waals surface area contributed by atoms with Crippen LogP contribution in [0.25, 0.3) is 5.57 Å². The molecular weight excluding hydrogens is 306 g/mol. The smallest absolute Gasteiger partial charge is 0.264 e. The first-order valence-corrected chi connectivity index (χ1v) is 9.18. The molecular formula is C23H27NO. The Morgan fingerprint density at radius 2 is 1.56 bits per heavy atom. The molecule has 0 aliphatic carbocycles. The van der Waals surface area contributed by atoms with Crippen LogP contribution in [0.1, 0.15) is 51.0 Å². The molecule has 2 nitrogen and oxygen atoms in total. The van der Waals surface area contributed by atoms with Crippen molar-refractivity contribution in [3.63, 3.8) is 0 Å². The van der Waals surface area contributed by atoms with E-state index in [1.165, 1.54) is 25.7 Å². The van der Waals surface area contributed by atoms with Crippen molar-refractivity contribution in [1.29, 1.82) is 0 Å². The third kappa shape index (κ3) is 6.82. The van der Waals surface area contributed by atoms with E-state index in [1.54, 1.807) is 0 Å². The fourth-order valence-electron chi connectivity index (χ4n) is 2.62. The predicted octanol–water partition coefficient (Wildman–Crippen LogP) is 6.22. The van der Waals surface area contributed by atoms with Crippen LogP contribution in [0.2, 0.25) is 0 Å². The van der Waals surface area contributed by atoms with E-state index in [-0.39, 0.29) is 5.91 Å². The number of anilines is 1. The fourth-order valence-corrected chi connectivity index (χ4v) is 2.62. The lowest BCUT2D eigenvalue weighted by atomic mass is 10.1. The molecule has 130 valence electrons. The van der Waals surface area contributed by atoms with Crippen molar-refractivity contribution in [2.75, 3.05) is 5.32 Å². The van der Waals surface area contributed by atoms with Crippen LogP contribution in [0, 0.1) is 0 Å². The highest BCUT2D eigenvalue weighted by molar-refractivity contribution is 6.25. The summed E-state index contributed by atoms with van der Waals surface area (Å²) >= 11 is 0. The fraction of sp³-hybridized carbons (Fsp3) is 0.304. The third-order valence-corrected chi connectivity index (χ3v) is 4.02. The molecule has 0 saturated heterocycles. The molecule has 25 heavy (non-hydrogen) atoms. The van der Waals surface area contributed by atoms with Gasteiger partial charge in [-0.2, -0.15) is 0 Å². The molecule has 2 aromatic rings. The summed E-state index contributed by atoms with van der Waals surface area (Å²) < 4.78 is 0. The number of para-hydroxylation sites is 1. The standard InChI is InChI=1S/C23H27NO/c1-2-3-4-5-6-7-14-19-22(20-15-10-8-11-16-20)23(25)24-21-17-12-9-13-18-21/h8-18H,2-7H2,1H3,(H,24,25). The van der Waals surface area contributed by atoms with E-state index >= 15 is 0 Å². The largest absolute Gasteiger partial charge is 0.321 e. The van der Waals surface area contributed by atoms with Gasteiger partial charge in [0.15, 0.2) is 0 Å². The molecule has 0 saturated carbocycles. The van der Waals surface area contributed by atoms with Crippen LogP contribution in [0.3, 0.4) is 0 Å². The average molecular weight is 333 g/mol. The Balaban J connectivity index is 2.08. The van der Waals surface area contributed by atoms with Gasteiger partial charge in [0.2, 0.25) is 0 Å². The van der Waals surface area contributed by atoms with E-state index < -0.39 is 0 Å². The Hall–Kier alpha value is -2.57. The lowest BCUT2D eigenvalue weighted by molar-refractivity contribution is -0.111. The molecule has 2 rings (SSSR count). The number of nitrogens with one attached hydrogen (secondary N) is 1. The first kappa shape index (κ1) is 18.8. The number of hydrogen-bond donors (Lipinski definition) is 1. The second-order valence-corrected chi connectivity index (χ2v) is 6.11. The van der Waals surface area contributed by atoms with Crippen molar-refractivity contribution in [2.45, 2.75) is 45.4 Å². The zero-order chi connectivity index (χ0) is 17.7. The van der Waals surface area contributed by atoms with Crippen molar-refractivity contribution in [1.82, 2.24) is 0 Å². The molecule has 1 amide bonds. The summed E-state index contributed by atoms with van der Waals surface area (Å²) in [5.41, 5.74) is 5.49. The van der Waals surface area contributed by atoms with Crippen molar-refractivity contribution in [2.24, 2.45) is 0 Å². The highest BCUT2D eigenvalue weighted by Crippen LogP contribution is 2.16. The highest BCUT2D eigenvalue weighted by atomic mass is 16.1. The van der Waals surface area contributed by atoms with Gasteiger partial charge in [-0.05, 0) is 36.6 Å². The molecule has 0 aliphatic rings. The molecule has 0 radical (unpaired) electrons. The minimum absolute atomic E-state index is 0.125. The molecule has 0 spiro atoms. The van der Waals surface area contributed by atoms with Crippen LogP contribution in [-0.2, 0) is 4.79 Å². The van der Waals surface area contributed by atoms with Gasteiger partial charge in [-0.3, -0.25) is 4.79 Å². The third-order valence-electron chi connectivity index (χ3n) is 4.02. The minimum atomic E-state index is -0.125. The summed E-state index contributed by atoms with van der Waals surface area (Å²) in [6.07, 6.45) is 9.19. The maximum absolute atomic E-state index is 12.7. The molecule has 0 atom stereocenters. The second kappa shape index (κ2) is 11.1. The number of unbranched alkanes of at least 4 members (excludes halogenated alkanes) is 5. The maximum Gasteiger partial charge on any atom is 0.264 e. The molecule has 2 aromatic carbocycles. The zero-order valence-electron chi connectivity index (χ0n) is 15.0. The summed E-state index contributed by atoms with van der Waals surface area (Å²) in [6.45, 7) is 2.22. The molecule has 1 N–H and O–H groups in total. The van der Waals surface area contributed by atoms with Gasteiger partial charge in [-0.15, -0.1) is 5.73 Å². The molecule has 0 unspecified atom stereocenters. The van der Waals surface area contributed by atoms with Gasteiger partial charge in [0, 0.05) is 5.69 Å². The van der Waals surface area contributed by atoms with Crippen LogP contribution in [-0.4, -0.2) is 5.91 Å². The summed E-state index contributed by atoms with van der Waals surface area (Å²) in [5, 5.41) is 2.95. The SMILES string of the molecule is CCCCCCCC=C=C(C(=O)Nc1ccccc1)c1ccccc1. The Kier molecular flexibility index (Phi) is 8.31. The van der Waals surface area contributed by atoms with Crippen molar-refractivity contribution in [3.8, 4) is 0 Å². The van der Waals surface area contributed by atoms with Gasteiger partial charge in [-0.25, -0.2) is 0 Å². The summed E-state index contributed by atoms with van der Waals surface area (Å²) in [4.78, 5) is 12.7. The van der Waals surface area contributed by atoms with Gasteiger partial charge in [0.25, 0.3) is 5.91 Å². The lowest BCUT2D eigenvalue weighted by Crippen LogP contribution is -2.13. The minimum Gasteiger partial charge on any atom is -0.321 e. The zero-order valence-corrected chi connectivity index (χ0v) is 15.0. The van der Waals surface area contributed by atoms with Crippen molar-refractivity contribution in [3.05, 3.63) is 78.0 Å². The van der Waals surface area contributed by atoms with Crippen LogP contribution in [0.4, 0.5) is 5.69 Å². The Labute approximate surface area is 151 Å². The number of rotatable bonds is 9. The molecule has 0 aliphatic heterocycles. The molecule has 0 fully saturated rings. The van der Waals surface area contributed by atoms with Gasteiger partial charge in [0.05, 0.1) is 5.57 Å². The first-order valence-electron chi connectivity index (χ1n) is 9.18. The molecule has 2 heteroatoms. The topological polar surface area (TPSA) is 29.1 Å². The van der Waals surface area contributed by atoms with Gasteiger partial charge < -0.3 is 5.32 Å². The molecule has 0 heterocycles. The van der Waals surface area contributed by atoms with Crippen molar-refractivity contribution < 1.29 is 4.79 Å². The predicted molar refractivity (Wildman–Crippen MR) is 106 cm³/mol. The number of carbonyl (C=O) groups excluding carboxylic acids is 1. The highest BCUT2D eigenvalue weighted by Gasteiger charge is 2.11. The average Bonchev–Trinajstić information content (AvgIpc) is 2.65. The number of benzene rings is 2. The summed E-state index contributed by atoms with van der Waals surface area (Å²) in [6, 6.07) is 19.3. The normalized spacial score (nSPS) is 9.96.